The van der Waals surface area contributed by atoms with Crippen molar-refractivity contribution in [3.05, 3.63) is 162 Å². The summed E-state index contributed by atoms with van der Waals surface area (Å²) in [6.45, 7) is 4.14. The van der Waals surface area contributed by atoms with Crippen LogP contribution in [0.3, 0.4) is 0 Å². The molecule has 0 aliphatic carbocycles. The number of nitrogens with one attached hydrogen (secondary N) is 1. The minimum atomic E-state index is -0.716. The van der Waals surface area contributed by atoms with Gasteiger partial charge in [-0.25, -0.2) is 9.38 Å². The summed E-state index contributed by atoms with van der Waals surface area (Å²) in [6, 6.07) is 30.6. The summed E-state index contributed by atoms with van der Waals surface area (Å²) in [5, 5.41) is 3.94. The monoisotopic (exact) mass is 642 g/mol. The number of carbonyl (C=O) groups is 1. The lowest BCUT2D eigenvalue weighted by Crippen LogP contribution is -2.40. The summed E-state index contributed by atoms with van der Waals surface area (Å²) in [5.41, 5.74) is 5.37. The number of fused-ring (bicyclic) bond motifs is 2. The molecule has 1 aliphatic rings. The van der Waals surface area contributed by atoms with Gasteiger partial charge in [0.05, 0.1) is 35.5 Å². The number of benzene rings is 4. The summed E-state index contributed by atoms with van der Waals surface area (Å²) >= 11 is 1.29. The van der Waals surface area contributed by atoms with E-state index in [0.29, 0.717) is 44.1 Å². The van der Waals surface area contributed by atoms with Gasteiger partial charge >= 0.3 is 0 Å². The molecule has 0 saturated carbocycles. The highest BCUT2D eigenvalue weighted by Gasteiger charge is 2.32. The van der Waals surface area contributed by atoms with E-state index < -0.39 is 6.04 Å². The first-order valence-corrected chi connectivity index (χ1v) is 16.0. The molecular formula is C38H31FN4O3S. The molecule has 3 heterocycles. The minimum Gasteiger partial charge on any atom is -0.497 e. The van der Waals surface area contributed by atoms with E-state index in [1.807, 2.05) is 97.9 Å². The third kappa shape index (κ3) is 5.48. The van der Waals surface area contributed by atoms with E-state index in [-0.39, 0.29) is 17.3 Å². The Balaban J connectivity index is 1.39. The quantitative estimate of drug-likeness (QED) is 0.221. The number of ether oxygens (including phenoxy) is 1. The number of hydrogen-bond donors (Lipinski definition) is 1. The molecule has 4 aromatic carbocycles. The van der Waals surface area contributed by atoms with E-state index in [4.69, 9.17) is 9.73 Å². The van der Waals surface area contributed by atoms with Gasteiger partial charge in [0.25, 0.3) is 11.5 Å². The number of anilines is 1. The number of rotatable bonds is 7. The van der Waals surface area contributed by atoms with Crippen molar-refractivity contribution in [2.45, 2.75) is 26.4 Å². The maximum atomic E-state index is 14.7. The number of hydrogen-bond acceptors (Lipinski definition) is 5. The molecule has 0 spiro atoms. The average Bonchev–Trinajstić information content (AvgIpc) is 3.53. The Morgan fingerprint density at radius 2 is 1.66 bits per heavy atom. The Kier molecular flexibility index (Phi) is 7.91. The lowest BCUT2D eigenvalue weighted by atomic mass is 9.95. The van der Waals surface area contributed by atoms with Crippen LogP contribution < -0.4 is 24.9 Å². The predicted octanol–water partition coefficient (Wildman–Crippen LogP) is 6.33. The Labute approximate surface area is 274 Å². The molecule has 1 N–H and O–H groups in total. The molecule has 1 amide bonds. The van der Waals surface area contributed by atoms with Gasteiger partial charge in [-0.15, -0.1) is 0 Å². The number of carbonyl (C=O) groups excluding carboxylic acids is 1. The zero-order valence-electron chi connectivity index (χ0n) is 26.0. The van der Waals surface area contributed by atoms with Gasteiger partial charge in [0.1, 0.15) is 11.6 Å². The average molecular weight is 643 g/mol. The van der Waals surface area contributed by atoms with Gasteiger partial charge in [-0.2, -0.15) is 0 Å². The van der Waals surface area contributed by atoms with E-state index in [1.54, 1.807) is 30.7 Å². The fourth-order valence-corrected chi connectivity index (χ4v) is 7.23. The maximum absolute atomic E-state index is 14.7. The topological polar surface area (TPSA) is 77.6 Å². The number of para-hydroxylation sites is 2. The number of amides is 1. The zero-order chi connectivity index (χ0) is 32.7. The molecule has 1 atom stereocenters. The molecule has 9 heteroatoms. The van der Waals surface area contributed by atoms with Crippen molar-refractivity contribution in [2.24, 2.45) is 4.99 Å². The molecule has 0 bridgehead atoms. The van der Waals surface area contributed by atoms with Crippen LogP contribution >= 0.6 is 11.3 Å². The van der Waals surface area contributed by atoms with Crippen molar-refractivity contribution >= 4 is 39.9 Å². The fraction of sp³-hybridized carbons (Fsp3) is 0.132. The standard InChI is InChI=1S/C38H31FN4O3S/c1-23-34(36(44)41-27-12-5-4-6-13-27)35(25-17-19-28(46-3)20-18-25)43-37(45)33(47-38(43)40-23)21-30-24(2)42(32-16-10-8-14-29(30)32)22-26-11-7-9-15-31(26)39/h4-21,35H,22H2,1-3H3,(H,41,44). The van der Waals surface area contributed by atoms with Crippen LogP contribution in [0.1, 0.15) is 35.3 Å². The van der Waals surface area contributed by atoms with Crippen molar-refractivity contribution in [3.8, 4) is 5.75 Å². The van der Waals surface area contributed by atoms with Gasteiger partial charge in [0.2, 0.25) is 0 Å². The molecule has 7 rings (SSSR count). The van der Waals surface area contributed by atoms with Gasteiger partial charge in [0.15, 0.2) is 4.80 Å². The number of nitrogens with zero attached hydrogens (tertiary/aromatic N) is 3. The molecule has 234 valence electrons. The number of methoxy groups -OCH3 is 1. The highest BCUT2D eigenvalue weighted by Crippen LogP contribution is 2.32. The summed E-state index contributed by atoms with van der Waals surface area (Å²) in [4.78, 5) is 33.6. The van der Waals surface area contributed by atoms with Gasteiger partial charge in [-0.05, 0) is 61.9 Å². The molecule has 6 aromatic rings. The van der Waals surface area contributed by atoms with Crippen LogP contribution in [0.2, 0.25) is 0 Å². The van der Waals surface area contributed by atoms with E-state index in [1.165, 1.54) is 17.4 Å². The molecule has 0 saturated heterocycles. The van der Waals surface area contributed by atoms with Crippen molar-refractivity contribution in [2.75, 3.05) is 12.4 Å². The Bertz CT molecular complexity index is 2370. The zero-order valence-corrected chi connectivity index (χ0v) is 26.8. The summed E-state index contributed by atoms with van der Waals surface area (Å²) < 4.78 is 24.2. The van der Waals surface area contributed by atoms with Crippen molar-refractivity contribution in [3.63, 3.8) is 0 Å². The van der Waals surface area contributed by atoms with Crippen molar-refractivity contribution in [1.82, 2.24) is 9.13 Å². The highest BCUT2D eigenvalue weighted by atomic mass is 32.1. The van der Waals surface area contributed by atoms with E-state index >= 15 is 0 Å². The summed E-state index contributed by atoms with van der Waals surface area (Å²) in [6.07, 6.45) is 1.90. The first kappa shape index (κ1) is 30.1. The number of allylic oxidation sites excluding steroid dienone is 1. The number of thiazole rings is 1. The van der Waals surface area contributed by atoms with Crippen LogP contribution in [0, 0.1) is 12.7 Å². The van der Waals surface area contributed by atoms with Gasteiger partial charge in [-0.3, -0.25) is 14.2 Å². The Morgan fingerprint density at radius 3 is 2.40 bits per heavy atom. The smallest absolute Gasteiger partial charge is 0.271 e. The van der Waals surface area contributed by atoms with Crippen molar-refractivity contribution in [1.29, 1.82) is 0 Å². The normalized spacial score (nSPS) is 14.6. The van der Waals surface area contributed by atoms with Gasteiger partial charge in [-0.1, -0.05) is 78.1 Å². The molecule has 0 fully saturated rings. The molecule has 1 unspecified atom stereocenters. The van der Waals surface area contributed by atoms with Crippen LogP contribution in [0.25, 0.3) is 17.0 Å². The molecule has 2 aromatic heterocycles. The SMILES string of the molecule is COc1ccc(C2C(C(=O)Nc3ccccc3)=C(C)N=c3sc(=Cc4c(C)n(Cc5ccccc5F)c5ccccc45)c(=O)n32)cc1. The largest absolute Gasteiger partial charge is 0.497 e. The second-order valence-corrected chi connectivity index (χ2v) is 12.4. The Hall–Kier alpha value is -5.54. The molecule has 7 nitrogen and oxygen atoms in total. The second-order valence-electron chi connectivity index (χ2n) is 11.4. The summed E-state index contributed by atoms with van der Waals surface area (Å²) in [7, 11) is 1.59. The van der Waals surface area contributed by atoms with Gasteiger partial charge in [0, 0.05) is 33.4 Å². The number of halogens is 1. The molecular weight excluding hydrogens is 612 g/mol. The third-order valence-electron chi connectivity index (χ3n) is 8.57. The van der Waals surface area contributed by atoms with Crippen molar-refractivity contribution < 1.29 is 13.9 Å². The first-order chi connectivity index (χ1) is 22.8. The maximum Gasteiger partial charge on any atom is 0.271 e. The summed E-state index contributed by atoms with van der Waals surface area (Å²) in [5.74, 6) is 0.0690. The van der Waals surface area contributed by atoms with Crippen LogP contribution in [0.15, 0.2) is 124 Å². The van der Waals surface area contributed by atoms with Crippen LogP contribution in [-0.4, -0.2) is 22.2 Å². The molecule has 1 aliphatic heterocycles. The van der Waals surface area contributed by atoms with E-state index in [0.717, 1.165) is 27.7 Å². The van der Waals surface area contributed by atoms with E-state index in [9.17, 15) is 14.0 Å². The minimum absolute atomic E-state index is 0.252. The van der Waals surface area contributed by atoms with Crippen LogP contribution in [0.5, 0.6) is 5.75 Å². The predicted molar refractivity (Wildman–Crippen MR) is 184 cm³/mol. The molecule has 0 radical (unpaired) electrons. The van der Waals surface area contributed by atoms with Gasteiger partial charge < -0.3 is 14.6 Å². The lowest BCUT2D eigenvalue weighted by Gasteiger charge is -2.25. The highest BCUT2D eigenvalue weighted by molar-refractivity contribution is 7.07. The Morgan fingerprint density at radius 1 is 0.957 bits per heavy atom. The van der Waals surface area contributed by atoms with Crippen LogP contribution in [0.4, 0.5) is 10.1 Å². The third-order valence-corrected chi connectivity index (χ3v) is 9.55. The lowest BCUT2D eigenvalue weighted by molar-refractivity contribution is -0.113. The molecule has 47 heavy (non-hydrogen) atoms. The second kappa shape index (κ2) is 12.3. The van der Waals surface area contributed by atoms with E-state index in [2.05, 4.69) is 9.88 Å². The van der Waals surface area contributed by atoms with Crippen LogP contribution in [-0.2, 0) is 11.3 Å². The number of aromatic nitrogens is 2. The fourth-order valence-electron chi connectivity index (χ4n) is 6.21. The first-order valence-electron chi connectivity index (χ1n) is 15.2.